The average Bonchev–Trinajstić information content (AvgIpc) is 2.94. The molecule has 1 aliphatic heterocycles. The molecule has 112 valence electrons. The molecule has 1 saturated heterocycles. The molecular formula is C18H30N2. The lowest BCUT2D eigenvalue weighted by molar-refractivity contribution is 0.263. The Hall–Kier alpha value is -0.860. The summed E-state index contributed by atoms with van der Waals surface area (Å²) in [5.41, 5.74) is 2.82. The minimum Gasteiger partial charge on any atom is -0.310 e. The Labute approximate surface area is 124 Å². The number of benzene rings is 1. The molecule has 2 atom stereocenters. The van der Waals surface area contributed by atoms with E-state index in [1.807, 2.05) is 0 Å². The molecule has 0 amide bonds. The molecule has 1 aliphatic rings. The first-order chi connectivity index (χ1) is 9.60. The van der Waals surface area contributed by atoms with E-state index in [4.69, 9.17) is 0 Å². The molecule has 0 aliphatic carbocycles. The third-order valence-corrected chi connectivity index (χ3v) is 4.65. The Bertz CT molecular complexity index is 396. The lowest BCUT2D eigenvalue weighted by Gasteiger charge is -2.21. The minimum absolute atomic E-state index is 0.453. The number of nitrogens with one attached hydrogen (secondary N) is 1. The highest BCUT2D eigenvalue weighted by Gasteiger charge is 2.24. The summed E-state index contributed by atoms with van der Waals surface area (Å²) >= 11 is 0. The molecular weight excluding hydrogens is 244 g/mol. The van der Waals surface area contributed by atoms with Crippen molar-refractivity contribution in [2.24, 2.45) is 5.92 Å². The molecule has 20 heavy (non-hydrogen) atoms. The molecule has 2 heteroatoms. The van der Waals surface area contributed by atoms with Crippen LogP contribution >= 0.6 is 0 Å². The van der Waals surface area contributed by atoms with E-state index in [9.17, 15) is 0 Å². The standard InChI is InChI=1S/C18H30N2/c1-5-16-6-8-18(9-7-16)15(4)19-12-17-10-11-20(13-17)14(2)3/h6-9,14-15,17,19H,5,10-13H2,1-4H3. The molecule has 2 rings (SSSR count). The lowest BCUT2D eigenvalue weighted by atomic mass is 10.0. The van der Waals surface area contributed by atoms with Crippen molar-refractivity contribution in [2.45, 2.75) is 52.6 Å². The molecule has 1 aromatic carbocycles. The van der Waals surface area contributed by atoms with Crippen LogP contribution in [-0.4, -0.2) is 30.6 Å². The average molecular weight is 274 g/mol. The molecule has 1 N–H and O–H groups in total. The quantitative estimate of drug-likeness (QED) is 0.852. The summed E-state index contributed by atoms with van der Waals surface area (Å²) in [6.45, 7) is 12.7. The SMILES string of the molecule is CCc1ccc(C(C)NCC2CCN(C(C)C)C2)cc1. The van der Waals surface area contributed by atoms with E-state index in [1.165, 1.54) is 30.6 Å². The van der Waals surface area contributed by atoms with Gasteiger partial charge in [0.15, 0.2) is 0 Å². The van der Waals surface area contributed by atoms with Gasteiger partial charge >= 0.3 is 0 Å². The van der Waals surface area contributed by atoms with Crippen molar-refractivity contribution in [3.63, 3.8) is 0 Å². The molecule has 0 spiro atoms. The van der Waals surface area contributed by atoms with Gasteiger partial charge in [0.2, 0.25) is 0 Å². The predicted molar refractivity (Wildman–Crippen MR) is 87.1 cm³/mol. The van der Waals surface area contributed by atoms with E-state index >= 15 is 0 Å². The summed E-state index contributed by atoms with van der Waals surface area (Å²) in [4.78, 5) is 2.59. The first-order valence-electron chi connectivity index (χ1n) is 8.16. The van der Waals surface area contributed by atoms with Crippen LogP contribution in [0.15, 0.2) is 24.3 Å². The van der Waals surface area contributed by atoms with Gasteiger partial charge in [0.05, 0.1) is 0 Å². The van der Waals surface area contributed by atoms with Gasteiger partial charge < -0.3 is 10.2 Å². The maximum atomic E-state index is 3.71. The molecule has 2 unspecified atom stereocenters. The van der Waals surface area contributed by atoms with Crippen molar-refractivity contribution in [3.8, 4) is 0 Å². The van der Waals surface area contributed by atoms with Crippen LogP contribution in [0, 0.1) is 5.92 Å². The topological polar surface area (TPSA) is 15.3 Å². The van der Waals surface area contributed by atoms with E-state index in [2.05, 4.69) is 62.2 Å². The van der Waals surface area contributed by atoms with Crippen molar-refractivity contribution >= 4 is 0 Å². The number of hydrogen-bond donors (Lipinski definition) is 1. The van der Waals surface area contributed by atoms with Crippen molar-refractivity contribution in [1.82, 2.24) is 10.2 Å². The summed E-state index contributed by atoms with van der Waals surface area (Å²) in [6.07, 6.45) is 2.46. The van der Waals surface area contributed by atoms with Gasteiger partial charge in [-0.15, -0.1) is 0 Å². The normalized spacial score (nSPS) is 21.6. The Balaban J connectivity index is 1.78. The highest BCUT2D eigenvalue weighted by atomic mass is 15.2. The Morgan fingerprint density at radius 1 is 1.20 bits per heavy atom. The number of nitrogens with zero attached hydrogens (tertiary/aromatic N) is 1. The number of hydrogen-bond acceptors (Lipinski definition) is 2. The van der Waals surface area contributed by atoms with Crippen LogP contribution in [-0.2, 0) is 6.42 Å². The molecule has 0 saturated carbocycles. The lowest BCUT2D eigenvalue weighted by Crippen LogP contribution is -2.31. The first kappa shape index (κ1) is 15.5. The number of likely N-dealkylation sites (tertiary alicyclic amines) is 1. The fraction of sp³-hybridized carbons (Fsp3) is 0.667. The van der Waals surface area contributed by atoms with E-state index < -0.39 is 0 Å². The van der Waals surface area contributed by atoms with Gasteiger partial charge in [-0.1, -0.05) is 31.2 Å². The Morgan fingerprint density at radius 2 is 1.90 bits per heavy atom. The van der Waals surface area contributed by atoms with Crippen molar-refractivity contribution in [1.29, 1.82) is 0 Å². The maximum absolute atomic E-state index is 3.71. The van der Waals surface area contributed by atoms with Crippen molar-refractivity contribution in [2.75, 3.05) is 19.6 Å². The third kappa shape index (κ3) is 4.07. The van der Waals surface area contributed by atoms with Crippen molar-refractivity contribution < 1.29 is 0 Å². The molecule has 2 nitrogen and oxygen atoms in total. The monoisotopic (exact) mass is 274 g/mol. The predicted octanol–water partition coefficient (Wildman–Crippen LogP) is 3.63. The van der Waals surface area contributed by atoms with Crippen LogP contribution in [0.2, 0.25) is 0 Å². The van der Waals surface area contributed by atoms with Crippen LogP contribution in [0.25, 0.3) is 0 Å². The van der Waals surface area contributed by atoms with Gasteiger partial charge in [0.25, 0.3) is 0 Å². The number of aryl methyl sites for hydroxylation is 1. The van der Waals surface area contributed by atoms with Crippen molar-refractivity contribution in [3.05, 3.63) is 35.4 Å². The summed E-state index contributed by atoms with van der Waals surface area (Å²) < 4.78 is 0. The van der Waals surface area contributed by atoms with Gasteiger partial charge in [-0.25, -0.2) is 0 Å². The molecule has 0 aromatic heterocycles. The molecule has 1 fully saturated rings. The van der Waals surface area contributed by atoms with E-state index in [-0.39, 0.29) is 0 Å². The highest BCUT2D eigenvalue weighted by Crippen LogP contribution is 2.19. The second-order valence-corrected chi connectivity index (χ2v) is 6.47. The smallest absolute Gasteiger partial charge is 0.0291 e. The fourth-order valence-corrected chi connectivity index (χ4v) is 3.00. The van der Waals surface area contributed by atoms with Gasteiger partial charge in [-0.05, 0) is 63.7 Å². The molecule has 0 radical (unpaired) electrons. The molecule has 1 heterocycles. The molecule has 1 aromatic rings. The first-order valence-corrected chi connectivity index (χ1v) is 8.16. The minimum atomic E-state index is 0.453. The van der Waals surface area contributed by atoms with Crippen LogP contribution in [0.5, 0.6) is 0 Å². The third-order valence-electron chi connectivity index (χ3n) is 4.65. The zero-order valence-corrected chi connectivity index (χ0v) is 13.5. The van der Waals surface area contributed by atoms with E-state index in [0.29, 0.717) is 12.1 Å². The second kappa shape index (κ2) is 7.24. The zero-order valence-electron chi connectivity index (χ0n) is 13.5. The van der Waals surface area contributed by atoms with Gasteiger partial charge in [0.1, 0.15) is 0 Å². The van der Waals surface area contributed by atoms with Gasteiger partial charge in [0, 0.05) is 18.6 Å². The second-order valence-electron chi connectivity index (χ2n) is 6.47. The van der Waals surface area contributed by atoms with Gasteiger partial charge in [-0.2, -0.15) is 0 Å². The van der Waals surface area contributed by atoms with Crippen LogP contribution in [0.1, 0.15) is 51.3 Å². The zero-order chi connectivity index (χ0) is 14.5. The van der Waals surface area contributed by atoms with Gasteiger partial charge in [-0.3, -0.25) is 0 Å². The fourth-order valence-electron chi connectivity index (χ4n) is 3.00. The van der Waals surface area contributed by atoms with Crippen LogP contribution < -0.4 is 5.32 Å². The van der Waals surface area contributed by atoms with Crippen LogP contribution in [0.3, 0.4) is 0 Å². The maximum Gasteiger partial charge on any atom is 0.0291 e. The molecule has 0 bridgehead atoms. The van der Waals surface area contributed by atoms with E-state index in [1.54, 1.807) is 0 Å². The summed E-state index contributed by atoms with van der Waals surface area (Å²) in [5, 5.41) is 3.71. The van der Waals surface area contributed by atoms with Crippen LogP contribution in [0.4, 0.5) is 0 Å². The van der Waals surface area contributed by atoms with E-state index in [0.717, 1.165) is 18.9 Å². The largest absolute Gasteiger partial charge is 0.310 e. The Morgan fingerprint density at radius 3 is 2.45 bits per heavy atom. The summed E-state index contributed by atoms with van der Waals surface area (Å²) in [5.74, 6) is 0.815. The Kier molecular flexibility index (Phi) is 5.62. The highest BCUT2D eigenvalue weighted by molar-refractivity contribution is 5.24. The summed E-state index contributed by atoms with van der Waals surface area (Å²) in [7, 11) is 0. The summed E-state index contributed by atoms with van der Waals surface area (Å²) in [6, 6.07) is 10.2. The number of rotatable bonds is 6.